The molecule has 0 unspecified atom stereocenters. The Kier molecular flexibility index (Phi) is 3.82. The van der Waals surface area contributed by atoms with E-state index < -0.39 is 10.8 Å². The smallest absolute Gasteiger partial charge is 0.152 e. The van der Waals surface area contributed by atoms with Crippen molar-refractivity contribution in [3.05, 3.63) is 23.0 Å². The first-order chi connectivity index (χ1) is 7.65. The van der Waals surface area contributed by atoms with Gasteiger partial charge in [-0.2, -0.15) is 0 Å². The fourth-order valence-corrected chi connectivity index (χ4v) is 3.27. The van der Waals surface area contributed by atoms with Crippen molar-refractivity contribution in [2.24, 2.45) is 0 Å². The highest BCUT2D eigenvalue weighted by molar-refractivity contribution is 7.85. The molecule has 88 valence electrons. The second-order valence-electron chi connectivity index (χ2n) is 4.12. The molecule has 0 aromatic carbocycles. The topological polar surface area (TPSA) is 42.0 Å². The Labute approximate surface area is 103 Å². The summed E-state index contributed by atoms with van der Waals surface area (Å²) < 4.78 is 11.2. The SMILES string of the molecule is Cc1cnc(Cl)c(NC2CCS(=O)CC2)c1. The van der Waals surface area contributed by atoms with Crippen LogP contribution in [0.3, 0.4) is 0 Å². The third-order valence-corrected chi connectivity index (χ3v) is 4.41. The lowest BCUT2D eigenvalue weighted by Gasteiger charge is -2.24. The molecule has 0 bridgehead atoms. The number of nitrogens with zero attached hydrogens (tertiary/aromatic N) is 1. The van der Waals surface area contributed by atoms with Crippen LogP contribution in [0.25, 0.3) is 0 Å². The molecule has 2 rings (SSSR count). The van der Waals surface area contributed by atoms with Crippen LogP contribution < -0.4 is 5.32 Å². The molecule has 1 aromatic heterocycles. The van der Waals surface area contributed by atoms with Crippen molar-refractivity contribution in [2.45, 2.75) is 25.8 Å². The zero-order chi connectivity index (χ0) is 11.5. The molecular formula is C11H15ClN2OS. The first kappa shape index (κ1) is 11.9. The second-order valence-corrected chi connectivity index (χ2v) is 6.17. The number of hydrogen-bond donors (Lipinski definition) is 1. The normalized spacial score (nSPS) is 25.4. The van der Waals surface area contributed by atoms with Gasteiger partial charge in [0.05, 0.1) is 5.69 Å². The monoisotopic (exact) mass is 258 g/mol. The van der Waals surface area contributed by atoms with Crippen molar-refractivity contribution >= 4 is 28.1 Å². The Morgan fingerprint density at radius 2 is 2.19 bits per heavy atom. The van der Waals surface area contributed by atoms with E-state index in [1.54, 1.807) is 6.20 Å². The van der Waals surface area contributed by atoms with Gasteiger partial charge in [-0.15, -0.1) is 0 Å². The minimum absolute atomic E-state index is 0.374. The van der Waals surface area contributed by atoms with Crippen LogP contribution >= 0.6 is 11.6 Å². The molecule has 0 amide bonds. The Morgan fingerprint density at radius 1 is 1.50 bits per heavy atom. The molecule has 2 heterocycles. The van der Waals surface area contributed by atoms with Gasteiger partial charge in [-0.3, -0.25) is 4.21 Å². The zero-order valence-corrected chi connectivity index (χ0v) is 10.8. The average molecular weight is 259 g/mol. The van der Waals surface area contributed by atoms with E-state index in [1.807, 2.05) is 13.0 Å². The van der Waals surface area contributed by atoms with E-state index in [0.717, 1.165) is 35.6 Å². The zero-order valence-electron chi connectivity index (χ0n) is 9.20. The lowest BCUT2D eigenvalue weighted by molar-refractivity contribution is 0.624. The van der Waals surface area contributed by atoms with Crippen LogP contribution in [0.2, 0.25) is 5.15 Å². The summed E-state index contributed by atoms with van der Waals surface area (Å²) in [5.74, 6) is 1.57. The highest BCUT2D eigenvalue weighted by atomic mass is 35.5. The van der Waals surface area contributed by atoms with Crippen LogP contribution in [-0.2, 0) is 10.8 Å². The standard InChI is InChI=1S/C11H15ClN2OS/c1-8-6-10(11(12)13-7-8)14-9-2-4-16(15)5-3-9/h6-7,9,14H,2-5H2,1H3. The quantitative estimate of drug-likeness (QED) is 0.828. The second kappa shape index (κ2) is 5.15. The molecule has 3 nitrogen and oxygen atoms in total. The van der Waals surface area contributed by atoms with Crippen LogP contribution in [0, 0.1) is 6.92 Å². The highest BCUT2D eigenvalue weighted by Gasteiger charge is 2.18. The maximum atomic E-state index is 11.2. The molecule has 1 aromatic rings. The first-order valence-electron chi connectivity index (χ1n) is 5.39. The van der Waals surface area contributed by atoms with Crippen molar-refractivity contribution < 1.29 is 4.21 Å². The average Bonchev–Trinajstić information content (AvgIpc) is 2.27. The first-order valence-corrected chi connectivity index (χ1v) is 7.25. The van der Waals surface area contributed by atoms with E-state index in [4.69, 9.17) is 11.6 Å². The summed E-state index contributed by atoms with van der Waals surface area (Å²) in [4.78, 5) is 4.10. The van der Waals surface area contributed by atoms with Gasteiger partial charge in [0, 0.05) is 34.5 Å². The molecular weight excluding hydrogens is 244 g/mol. The number of anilines is 1. The lowest BCUT2D eigenvalue weighted by atomic mass is 10.1. The third-order valence-electron chi connectivity index (χ3n) is 2.72. The molecule has 0 saturated carbocycles. The maximum absolute atomic E-state index is 11.2. The number of nitrogens with one attached hydrogen (secondary N) is 1. The highest BCUT2D eigenvalue weighted by Crippen LogP contribution is 2.23. The molecule has 16 heavy (non-hydrogen) atoms. The van der Waals surface area contributed by atoms with Gasteiger partial charge in [-0.05, 0) is 31.4 Å². The minimum atomic E-state index is -0.617. The van der Waals surface area contributed by atoms with E-state index in [1.165, 1.54) is 0 Å². The van der Waals surface area contributed by atoms with Crippen molar-refractivity contribution in [3.63, 3.8) is 0 Å². The van der Waals surface area contributed by atoms with Crippen LogP contribution in [0.5, 0.6) is 0 Å². The Balaban J connectivity index is 2.03. The van der Waals surface area contributed by atoms with Gasteiger partial charge in [-0.1, -0.05) is 11.6 Å². The Morgan fingerprint density at radius 3 is 2.88 bits per heavy atom. The number of aryl methyl sites for hydroxylation is 1. The number of halogens is 1. The van der Waals surface area contributed by atoms with Crippen LogP contribution in [0.1, 0.15) is 18.4 Å². The molecule has 1 saturated heterocycles. The predicted octanol–water partition coefficient (Wildman–Crippen LogP) is 2.37. The molecule has 1 aliphatic rings. The van der Waals surface area contributed by atoms with Gasteiger partial charge in [0.2, 0.25) is 0 Å². The maximum Gasteiger partial charge on any atom is 0.152 e. The van der Waals surface area contributed by atoms with Gasteiger partial charge in [0.1, 0.15) is 0 Å². The summed E-state index contributed by atoms with van der Waals surface area (Å²) in [6.45, 7) is 1.99. The summed E-state index contributed by atoms with van der Waals surface area (Å²) in [7, 11) is -0.617. The summed E-state index contributed by atoms with van der Waals surface area (Å²) >= 11 is 6.01. The van der Waals surface area contributed by atoms with E-state index >= 15 is 0 Å². The molecule has 5 heteroatoms. The Bertz CT molecular complexity index is 401. The molecule has 0 atom stereocenters. The fraction of sp³-hybridized carbons (Fsp3) is 0.545. The van der Waals surface area contributed by atoms with E-state index in [9.17, 15) is 4.21 Å². The predicted molar refractivity (Wildman–Crippen MR) is 68.5 cm³/mol. The minimum Gasteiger partial charge on any atom is -0.380 e. The number of aromatic nitrogens is 1. The van der Waals surface area contributed by atoms with E-state index in [-0.39, 0.29) is 0 Å². The lowest BCUT2D eigenvalue weighted by Crippen LogP contribution is -2.29. The van der Waals surface area contributed by atoms with Gasteiger partial charge in [0.15, 0.2) is 5.15 Å². The van der Waals surface area contributed by atoms with Crippen LogP contribution in [0.15, 0.2) is 12.3 Å². The molecule has 1 aliphatic heterocycles. The number of pyridine rings is 1. The number of hydrogen-bond acceptors (Lipinski definition) is 3. The fourth-order valence-electron chi connectivity index (χ4n) is 1.81. The van der Waals surface area contributed by atoms with Crippen molar-refractivity contribution in [1.29, 1.82) is 0 Å². The van der Waals surface area contributed by atoms with Crippen molar-refractivity contribution in [1.82, 2.24) is 4.98 Å². The molecule has 0 aliphatic carbocycles. The van der Waals surface area contributed by atoms with Gasteiger partial charge in [0.25, 0.3) is 0 Å². The van der Waals surface area contributed by atoms with E-state index in [2.05, 4.69) is 10.3 Å². The van der Waals surface area contributed by atoms with Crippen molar-refractivity contribution in [3.8, 4) is 0 Å². The molecule has 1 fully saturated rings. The molecule has 1 N–H and O–H groups in total. The summed E-state index contributed by atoms with van der Waals surface area (Å²) in [5, 5.41) is 3.89. The van der Waals surface area contributed by atoms with Gasteiger partial charge < -0.3 is 5.32 Å². The summed E-state index contributed by atoms with van der Waals surface area (Å²) in [6.07, 6.45) is 3.64. The number of rotatable bonds is 2. The molecule has 0 radical (unpaired) electrons. The largest absolute Gasteiger partial charge is 0.380 e. The van der Waals surface area contributed by atoms with Crippen LogP contribution in [0.4, 0.5) is 5.69 Å². The van der Waals surface area contributed by atoms with E-state index in [0.29, 0.717) is 11.2 Å². The summed E-state index contributed by atoms with van der Waals surface area (Å²) in [5.41, 5.74) is 1.98. The van der Waals surface area contributed by atoms with Gasteiger partial charge in [-0.25, -0.2) is 4.98 Å². The van der Waals surface area contributed by atoms with Crippen LogP contribution in [-0.4, -0.2) is 26.7 Å². The third kappa shape index (κ3) is 2.95. The van der Waals surface area contributed by atoms with Crippen molar-refractivity contribution in [2.75, 3.05) is 16.8 Å². The van der Waals surface area contributed by atoms with Gasteiger partial charge >= 0.3 is 0 Å². The molecule has 0 spiro atoms. The Hall–Kier alpha value is -0.610. The summed E-state index contributed by atoms with van der Waals surface area (Å²) in [6, 6.07) is 2.37.